The third-order valence-corrected chi connectivity index (χ3v) is 3.70. The van der Waals surface area contributed by atoms with E-state index < -0.39 is 0 Å². The highest BCUT2D eigenvalue weighted by Crippen LogP contribution is 2.12. The van der Waals surface area contributed by atoms with Crippen molar-refractivity contribution in [2.24, 2.45) is 12.0 Å². The summed E-state index contributed by atoms with van der Waals surface area (Å²) in [6, 6.07) is 7.82. The number of halogens is 2. The van der Waals surface area contributed by atoms with Crippen molar-refractivity contribution in [1.29, 1.82) is 0 Å². The molecule has 0 aliphatic heterocycles. The predicted octanol–water partition coefficient (Wildman–Crippen LogP) is 2.60. The lowest BCUT2D eigenvalue weighted by Gasteiger charge is -2.22. The molecule has 6 nitrogen and oxygen atoms in total. The number of guanidine groups is 1. The first-order valence-corrected chi connectivity index (χ1v) is 7.40. The monoisotopic (exact) mass is 448 g/mol. The molecule has 2 aromatic rings. The molecule has 0 fully saturated rings. The van der Waals surface area contributed by atoms with Crippen LogP contribution in [0, 0.1) is 6.92 Å². The normalized spacial score (nSPS) is 11.1. The molecule has 1 aromatic carbocycles. The molecule has 0 saturated carbocycles. The Hall–Kier alpha value is -1.35. The maximum absolute atomic E-state index is 6.02. The Labute approximate surface area is 159 Å². The Kier molecular flexibility index (Phi) is 7.77. The lowest BCUT2D eigenvalue weighted by molar-refractivity contribution is 0.474. The van der Waals surface area contributed by atoms with Crippen molar-refractivity contribution in [3.63, 3.8) is 0 Å². The van der Waals surface area contributed by atoms with Gasteiger partial charge in [0.15, 0.2) is 11.8 Å². The molecule has 23 heavy (non-hydrogen) atoms. The van der Waals surface area contributed by atoms with E-state index in [1.807, 2.05) is 54.8 Å². The second-order valence-electron chi connectivity index (χ2n) is 5.11. The van der Waals surface area contributed by atoms with Gasteiger partial charge in [-0.05, 0) is 24.6 Å². The van der Waals surface area contributed by atoms with E-state index in [2.05, 4.69) is 20.5 Å². The molecule has 0 atom stereocenters. The van der Waals surface area contributed by atoms with Crippen LogP contribution in [0.3, 0.4) is 0 Å². The second-order valence-corrected chi connectivity index (χ2v) is 5.55. The molecule has 0 saturated heterocycles. The molecular weight excluding hydrogens is 427 g/mol. The summed E-state index contributed by atoms with van der Waals surface area (Å²) >= 11 is 6.02. The minimum absolute atomic E-state index is 0. The lowest BCUT2D eigenvalue weighted by Crippen LogP contribution is -2.38. The largest absolute Gasteiger partial charge is 0.349 e. The third-order valence-electron chi connectivity index (χ3n) is 3.47. The number of nitrogens with zero attached hydrogens (tertiary/aromatic N) is 5. The molecule has 126 valence electrons. The van der Waals surface area contributed by atoms with Gasteiger partial charge in [-0.25, -0.2) is 0 Å². The van der Waals surface area contributed by atoms with Crippen molar-refractivity contribution >= 4 is 41.5 Å². The quantitative estimate of drug-likeness (QED) is 0.444. The van der Waals surface area contributed by atoms with Crippen LogP contribution >= 0.6 is 35.6 Å². The molecule has 0 unspecified atom stereocenters. The fourth-order valence-electron chi connectivity index (χ4n) is 2.13. The first-order chi connectivity index (χ1) is 10.5. The minimum Gasteiger partial charge on any atom is -0.349 e. The maximum atomic E-state index is 6.02. The summed E-state index contributed by atoms with van der Waals surface area (Å²) < 4.78 is 1.96. The summed E-state index contributed by atoms with van der Waals surface area (Å²) in [5, 5.41) is 12.2. The summed E-state index contributed by atoms with van der Waals surface area (Å²) in [5.41, 5.74) is 1.13. The zero-order valence-corrected chi connectivity index (χ0v) is 16.8. The Morgan fingerprint density at radius 2 is 2.13 bits per heavy atom. The summed E-state index contributed by atoms with van der Waals surface area (Å²) in [5.74, 6) is 2.55. The number of rotatable bonds is 4. The van der Waals surface area contributed by atoms with Crippen LogP contribution in [-0.4, -0.2) is 39.7 Å². The van der Waals surface area contributed by atoms with Gasteiger partial charge in [-0.3, -0.25) is 4.99 Å². The van der Waals surface area contributed by atoms with E-state index in [1.54, 1.807) is 7.05 Å². The smallest absolute Gasteiger partial charge is 0.194 e. The molecule has 0 aliphatic carbocycles. The van der Waals surface area contributed by atoms with Crippen molar-refractivity contribution in [2.75, 3.05) is 14.1 Å². The number of hydrogen-bond acceptors (Lipinski definition) is 3. The summed E-state index contributed by atoms with van der Waals surface area (Å²) in [4.78, 5) is 6.34. The number of hydrogen-bond donors (Lipinski definition) is 1. The molecule has 1 heterocycles. The fraction of sp³-hybridized carbons (Fsp3) is 0.400. The molecule has 1 aromatic heterocycles. The Morgan fingerprint density at radius 3 is 2.70 bits per heavy atom. The van der Waals surface area contributed by atoms with Crippen LogP contribution in [0.2, 0.25) is 5.02 Å². The number of benzene rings is 1. The van der Waals surface area contributed by atoms with E-state index in [0.717, 1.165) is 34.7 Å². The third kappa shape index (κ3) is 5.35. The molecule has 0 bridgehead atoms. The zero-order chi connectivity index (χ0) is 16.1. The molecule has 0 aliphatic rings. The average Bonchev–Trinajstić information content (AvgIpc) is 2.80. The van der Waals surface area contributed by atoms with E-state index in [0.29, 0.717) is 6.54 Å². The Morgan fingerprint density at radius 1 is 1.39 bits per heavy atom. The van der Waals surface area contributed by atoms with Gasteiger partial charge in [-0.1, -0.05) is 23.7 Å². The zero-order valence-electron chi connectivity index (χ0n) is 13.7. The fourth-order valence-corrected chi connectivity index (χ4v) is 2.34. The number of nitrogens with one attached hydrogen (secondary N) is 1. The molecule has 2 rings (SSSR count). The summed E-state index contributed by atoms with van der Waals surface area (Å²) in [6.45, 7) is 3.22. The highest BCUT2D eigenvalue weighted by molar-refractivity contribution is 14.0. The Balaban J connectivity index is 0.00000264. The first-order valence-electron chi connectivity index (χ1n) is 7.02. The number of aliphatic imine (C=N–C) groups is 1. The van der Waals surface area contributed by atoms with Gasteiger partial charge >= 0.3 is 0 Å². The average molecular weight is 449 g/mol. The molecule has 0 radical (unpaired) electrons. The van der Waals surface area contributed by atoms with Crippen LogP contribution < -0.4 is 5.32 Å². The van der Waals surface area contributed by atoms with Crippen LogP contribution in [0.15, 0.2) is 29.3 Å². The highest BCUT2D eigenvalue weighted by Gasteiger charge is 2.09. The van der Waals surface area contributed by atoms with Crippen molar-refractivity contribution in [3.05, 3.63) is 46.5 Å². The van der Waals surface area contributed by atoms with Gasteiger partial charge in [0.05, 0.1) is 6.54 Å². The van der Waals surface area contributed by atoms with Crippen LogP contribution in [-0.2, 0) is 20.1 Å². The van der Waals surface area contributed by atoms with Gasteiger partial charge in [0.25, 0.3) is 0 Å². The molecular formula is C15H22ClIN6. The molecule has 0 amide bonds. The minimum atomic E-state index is 0. The van der Waals surface area contributed by atoms with Gasteiger partial charge in [0.1, 0.15) is 5.82 Å². The van der Waals surface area contributed by atoms with Gasteiger partial charge in [-0.2, -0.15) is 0 Å². The highest BCUT2D eigenvalue weighted by atomic mass is 127. The van der Waals surface area contributed by atoms with Crippen LogP contribution in [0.5, 0.6) is 0 Å². The Bertz CT molecular complexity index is 670. The van der Waals surface area contributed by atoms with Crippen LogP contribution in [0.25, 0.3) is 0 Å². The van der Waals surface area contributed by atoms with Crippen molar-refractivity contribution in [2.45, 2.75) is 20.0 Å². The van der Waals surface area contributed by atoms with Gasteiger partial charge in [0, 0.05) is 32.7 Å². The molecule has 1 N–H and O–H groups in total. The van der Waals surface area contributed by atoms with E-state index in [-0.39, 0.29) is 24.0 Å². The standard InChI is InChI=1S/C15H21ClN6.HI/c1-11-19-20-14(22(11)4)9-18-15(17-2)21(3)10-12-6-5-7-13(16)8-12;/h5-8H,9-10H2,1-4H3,(H,17,18);1H. The van der Waals surface area contributed by atoms with Crippen molar-refractivity contribution in [3.8, 4) is 0 Å². The number of aromatic nitrogens is 3. The topological polar surface area (TPSA) is 58.3 Å². The SMILES string of the molecule is CN=C(NCc1nnc(C)n1C)N(C)Cc1cccc(Cl)c1.I. The summed E-state index contributed by atoms with van der Waals surface area (Å²) in [6.07, 6.45) is 0. The van der Waals surface area contributed by atoms with E-state index in [9.17, 15) is 0 Å². The summed E-state index contributed by atoms with van der Waals surface area (Å²) in [7, 11) is 5.70. The second kappa shape index (κ2) is 9.07. The van der Waals surface area contributed by atoms with E-state index >= 15 is 0 Å². The predicted molar refractivity (Wildman–Crippen MR) is 104 cm³/mol. The van der Waals surface area contributed by atoms with Crippen LogP contribution in [0.4, 0.5) is 0 Å². The van der Waals surface area contributed by atoms with E-state index in [4.69, 9.17) is 11.6 Å². The first kappa shape index (κ1) is 19.7. The lowest BCUT2D eigenvalue weighted by atomic mass is 10.2. The van der Waals surface area contributed by atoms with E-state index in [1.165, 1.54) is 0 Å². The van der Waals surface area contributed by atoms with Crippen molar-refractivity contribution in [1.82, 2.24) is 25.0 Å². The van der Waals surface area contributed by atoms with Gasteiger partial charge in [0.2, 0.25) is 0 Å². The molecule has 8 heteroatoms. The van der Waals surface area contributed by atoms with Crippen LogP contribution in [0.1, 0.15) is 17.2 Å². The van der Waals surface area contributed by atoms with Gasteiger partial charge in [-0.15, -0.1) is 34.2 Å². The molecule has 0 spiro atoms. The number of aryl methyl sites for hydroxylation is 1. The van der Waals surface area contributed by atoms with Gasteiger partial charge < -0.3 is 14.8 Å². The maximum Gasteiger partial charge on any atom is 0.194 e. The van der Waals surface area contributed by atoms with Crippen molar-refractivity contribution < 1.29 is 0 Å².